The Labute approximate surface area is 211 Å². The fourth-order valence-electron chi connectivity index (χ4n) is 3.99. The molecule has 3 aromatic heterocycles. The van der Waals surface area contributed by atoms with Crippen LogP contribution >= 0.6 is 23.5 Å². The van der Waals surface area contributed by atoms with E-state index in [-0.39, 0.29) is 16.9 Å². The Balaban J connectivity index is 1.51. The van der Waals surface area contributed by atoms with E-state index in [1.54, 1.807) is 24.7 Å². The SMILES string of the molecule is CCCSNc1ccc(F)c(Nc2ncccc2-c2ncnc3c2ncn3C2CCCCO2)c1Cl. The molecule has 1 unspecified atom stereocenters. The summed E-state index contributed by atoms with van der Waals surface area (Å²) in [4.78, 5) is 18.0. The summed E-state index contributed by atoms with van der Waals surface area (Å²) in [5.41, 5.74) is 3.31. The van der Waals surface area contributed by atoms with Gasteiger partial charge in [-0.1, -0.05) is 30.5 Å². The lowest BCUT2D eigenvalue weighted by atomic mass is 10.1. The number of anilines is 3. The number of benzene rings is 1. The van der Waals surface area contributed by atoms with Crippen molar-refractivity contribution in [1.29, 1.82) is 0 Å². The van der Waals surface area contributed by atoms with Crippen molar-refractivity contribution in [3.8, 4) is 11.3 Å². The lowest BCUT2D eigenvalue weighted by Gasteiger charge is -2.23. The minimum Gasteiger partial charge on any atom is -0.358 e. The van der Waals surface area contributed by atoms with Gasteiger partial charge in [-0.2, -0.15) is 0 Å². The smallest absolute Gasteiger partial charge is 0.165 e. The Bertz CT molecular complexity index is 1330. The van der Waals surface area contributed by atoms with Crippen LogP contribution in [0, 0.1) is 5.82 Å². The number of halogens is 2. The van der Waals surface area contributed by atoms with Crippen molar-refractivity contribution in [2.45, 2.75) is 38.8 Å². The van der Waals surface area contributed by atoms with Gasteiger partial charge in [-0.05, 0) is 49.9 Å². The fraction of sp³-hybridized carbons (Fsp3) is 0.333. The van der Waals surface area contributed by atoms with E-state index < -0.39 is 5.82 Å². The first kappa shape index (κ1) is 23.8. The van der Waals surface area contributed by atoms with Gasteiger partial charge in [0, 0.05) is 24.1 Å². The third-order valence-electron chi connectivity index (χ3n) is 5.71. The quantitative estimate of drug-likeness (QED) is 0.201. The average molecular weight is 514 g/mol. The summed E-state index contributed by atoms with van der Waals surface area (Å²) in [6.07, 6.45) is 8.83. The number of fused-ring (bicyclic) bond motifs is 1. The number of hydrogen-bond donors (Lipinski definition) is 2. The molecule has 1 atom stereocenters. The molecule has 182 valence electrons. The van der Waals surface area contributed by atoms with Gasteiger partial charge in [-0.3, -0.25) is 4.57 Å². The summed E-state index contributed by atoms with van der Waals surface area (Å²) in [5.74, 6) is 0.836. The van der Waals surface area contributed by atoms with Crippen LogP contribution in [0.2, 0.25) is 5.02 Å². The number of hydrogen-bond acceptors (Lipinski definition) is 8. The van der Waals surface area contributed by atoms with Gasteiger partial charge in [0.15, 0.2) is 5.65 Å². The molecule has 8 nitrogen and oxygen atoms in total. The Hall–Kier alpha value is -2.95. The van der Waals surface area contributed by atoms with Crippen molar-refractivity contribution in [3.05, 3.63) is 54.0 Å². The molecular weight excluding hydrogens is 489 g/mol. The van der Waals surface area contributed by atoms with E-state index in [2.05, 4.69) is 36.9 Å². The van der Waals surface area contributed by atoms with E-state index in [1.165, 1.54) is 24.3 Å². The monoisotopic (exact) mass is 513 g/mol. The second-order valence-electron chi connectivity index (χ2n) is 8.13. The van der Waals surface area contributed by atoms with E-state index in [0.717, 1.165) is 38.0 Å². The van der Waals surface area contributed by atoms with Crippen molar-refractivity contribution in [1.82, 2.24) is 24.5 Å². The summed E-state index contributed by atoms with van der Waals surface area (Å²) in [6, 6.07) is 6.66. The number of ether oxygens (including phenoxy) is 1. The number of imidazole rings is 1. The minimum absolute atomic E-state index is 0.100. The zero-order valence-electron chi connectivity index (χ0n) is 19.2. The van der Waals surface area contributed by atoms with Crippen molar-refractivity contribution in [3.63, 3.8) is 0 Å². The van der Waals surface area contributed by atoms with Crippen LogP contribution in [0.1, 0.15) is 38.8 Å². The van der Waals surface area contributed by atoms with E-state index in [1.807, 2.05) is 10.6 Å². The molecule has 0 spiro atoms. The molecule has 2 N–H and O–H groups in total. The van der Waals surface area contributed by atoms with Gasteiger partial charge in [0.2, 0.25) is 0 Å². The fourth-order valence-corrected chi connectivity index (χ4v) is 4.93. The van der Waals surface area contributed by atoms with Gasteiger partial charge in [-0.25, -0.2) is 24.3 Å². The third kappa shape index (κ3) is 4.91. The molecule has 1 aromatic carbocycles. The molecule has 5 rings (SSSR count). The first-order valence-corrected chi connectivity index (χ1v) is 12.9. The average Bonchev–Trinajstić information content (AvgIpc) is 3.33. The molecule has 1 saturated heterocycles. The molecule has 4 aromatic rings. The molecule has 0 bridgehead atoms. The van der Waals surface area contributed by atoms with Crippen LogP contribution in [-0.4, -0.2) is 36.9 Å². The van der Waals surface area contributed by atoms with Gasteiger partial charge in [0.05, 0.1) is 22.7 Å². The number of pyridine rings is 1. The molecule has 35 heavy (non-hydrogen) atoms. The zero-order valence-corrected chi connectivity index (χ0v) is 20.7. The van der Waals surface area contributed by atoms with Crippen LogP contribution in [0.4, 0.5) is 21.6 Å². The first-order valence-electron chi connectivity index (χ1n) is 11.5. The van der Waals surface area contributed by atoms with E-state index in [0.29, 0.717) is 33.9 Å². The molecule has 1 aliphatic heterocycles. The van der Waals surface area contributed by atoms with Crippen molar-refractivity contribution < 1.29 is 9.13 Å². The van der Waals surface area contributed by atoms with Crippen LogP contribution in [0.15, 0.2) is 43.1 Å². The molecule has 1 aliphatic rings. The van der Waals surface area contributed by atoms with Crippen molar-refractivity contribution >= 4 is 51.9 Å². The maximum Gasteiger partial charge on any atom is 0.165 e. The number of aromatic nitrogens is 5. The lowest BCUT2D eigenvalue weighted by Crippen LogP contribution is -2.17. The molecule has 0 radical (unpaired) electrons. The van der Waals surface area contributed by atoms with E-state index in [4.69, 9.17) is 16.3 Å². The Kier molecular flexibility index (Phi) is 7.31. The molecule has 0 saturated carbocycles. The van der Waals surface area contributed by atoms with Gasteiger partial charge >= 0.3 is 0 Å². The van der Waals surface area contributed by atoms with Crippen LogP contribution in [0.3, 0.4) is 0 Å². The molecule has 0 aliphatic carbocycles. The molecule has 11 heteroatoms. The van der Waals surface area contributed by atoms with Crippen LogP contribution in [0.5, 0.6) is 0 Å². The Morgan fingerprint density at radius 1 is 1.20 bits per heavy atom. The maximum absolute atomic E-state index is 14.8. The topological polar surface area (TPSA) is 89.8 Å². The summed E-state index contributed by atoms with van der Waals surface area (Å²) in [7, 11) is 0. The van der Waals surface area contributed by atoms with Crippen molar-refractivity contribution in [2.75, 3.05) is 22.4 Å². The summed E-state index contributed by atoms with van der Waals surface area (Å²) in [5, 5.41) is 3.33. The predicted molar refractivity (Wildman–Crippen MR) is 138 cm³/mol. The van der Waals surface area contributed by atoms with E-state index >= 15 is 0 Å². The second-order valence-corrected chi connectivity index (χ2v) is 9.41. The van der Waals surface area contributed by atoms with E-state index in [9.17, 15) is 4.39 Å². The summed E-state index contributed by atoms with van der Waals surface area (Å²) in [6.45, 7) is 2.81. The third-order valence-corrected chi connectivity index (χ3v) is 7.08. The highest BCUT2D eigenvalue weighted by atomic mass is 35.5. The van der Waals surface area contributed by atoms with Gasteiger partial charge in [0.25, 0.3) is 0 Å². The van der Waals surface area contributed by atoms with Gasteiger partial charge in [0.1, 0.15) is 35.4 Å². The van der Waals surface area contributed by atoms with Gasteiger partial charge < -0.3 is 14.8 Å². The van der Waals surface area contributed by atoms with Crippen LogP contribution in [-0.2, 0) is 4.74 Å². The van der Waals surface area contributed by atoms with Gasteiger partial charge in [-0.15, -0.1) is 0 Å². The minimum atomic E-state index is -0.482. The Morgan fingerprint density at radius 3 is 2.94 bits per heavy atom. The first-order chi connectivity index (χ1) is 17.2. The lowest BCUT2D eigenvalue weighted by molar-refractivity contribution is -0.0298. The highest BCUT2D eigenvalue weighted by molar-refractivity contribution is 8.00. The normalized spacial score (nSPS) is 15.9. The number of nitrogens with one attached hydrogen (secondary N) is 2. The van der Waals surface area contributed by atoms with Crippen LogP contribution in [0.25, 0.3) is 22.4 Å². The standard InChI is InChI=1S/C24H25ClFN7OS/c1-2-12-35-32-17-9-8-16(26)21(19(17)25)31-23-15(6-5-10-27-23)20-22-24(29-13-28-20)33(14-30-22)18-7-3-4-11-34-18/h5-6,8-10,13-14,18,32H,2-4,7,11-12H2,1H3,(H,27,31). The zero-order chi connectivity index (χ0) is 24.2. The highest BCUT2D eigenvalue weighted by Gasteiger charge is 2.22. The number of nitrogens with zero attached hydrogens (tertiary/aromatic N) is 5. The largest absolute Gasteiger partial charge is 0.358 e. The van der Waals surface area contributed by atoms with Crippen molar-refractivity contribution in [2.24, 2.45) is 0 Å². The summed E-state index contributed by atoms with van der Waals surface area (Å²) < 4.78 is 25.9. The highest BCUT2D eigenvalue weighted by Crippen LogP contribution is 2.38. The second kappa shape index (κ2) is 10.8. The molecule has 4 heterocycles. The Morgan fingerprint density at radius 2 is 2.11 bits per heavy atom. The van der Waals surface area contributed by atoms with Crippen LogP contribution < -0.4 is 10.0 Å². The molecule has 0 amide bonds. The summed E-state index contributed by atoms with van der Waals surface area (Å²) >= 11 is 8.08. The number of rotatable bonds is 8. The molecular formula is C24H25ClFN7OS. The predicted octanol–water partition coefficient (Wildman–Crippen LogP) is 6.59. The maximum atomic E-state index is 14.8. The molecule has 1 fully saturated rings.